The Kier molecular flexibility index (Phi) is 6.69. The van der Waals surface area contributed by atoms with Crippen molar-refractivity contribution in [3.63, 3.8) is 0 Å². The summed E-state index contributed by atoms with van der Waals surface area (Å²) in [7, 11) is 0. The summed E-state index contributed by atoms with van der Waals surface area (Å²) < 4.78 is 0. The lowest BCUT2D eigenvalue weighted by Crippen LogP contribution is -2.48. The Morgan fingerprint density at radius 3 is 2.74 bits per heavy atom. The standard InChI is InChI=1S/C14H20N2OS.ClH/c1-10-3-4-13(11(2)5-10)18-9-14(17)16-8-12-6-15-7-12;/h3-5,12,15H,6-9H2,1-2H3,(H,16,17);1H. The molecule has 1 fully saturated rings. The van der Waals surface area contributed by atoms with Gasteiger partial charge in [0.25, 0.3) is 0 Å². The molecule has 5 heteroatoms. The van der Waals surface area contributed by atoms with Crippen LogP contribution in [0, 0.1) is 19.8 Å². The van der Waals surface area contributed by atoms with E-state index in [1.165, 1.54) is 16.0 Å². The third-order valence-corrected chi connectivity index (χ3v) is 4.32. The zero-order valence-corrected chi connectivity index (χ0v) is 13.0. The van der Waals surface area contributed by atoms with Gasteiger partial charge in [-0.1, -0.05) is 17.7 Å². The number of benzene rings is 1. The van der Waals surface area contributed by atoms with E-state index in [1.807, 2.05) is 0 Å². The molecule has 19 heavy (non-hydrogen) atoms. The van der Waals surface area contributed by atoms with Crippen LogP contribution in [0.2, 0.25) is 0 Å². The van der Waals surface area contributed by atoms with Gasteiger partial charge in [-0.15, -0.1) is 24.2 Å². The molecule has 3 nitrogen and oxygen atoms in total. The van der Waals surface area contributed by atoms with Crippen LogP contribution in [0.4, 0.5) is 0 Å². The fraction of sp³-hybridized carbons (Fsp3) is 0.500. The van der Waals surface area contributed by atoms with Crippen LogP contribution in [0.3, 0.4) is 0 Å². The number of amides is 1. The molecule has 0 unspecified atom stereocenters. The number of thioether (sulfide) groups is 1. The van der Waals surface area contributed by atoms with Crippen LogP contribution in [-0.2, 0) is 4.79 Å². The summed E-state index contributed by atoms with van der Waals surface area (Å²) in [6.45, 7) is 7.04. The minimum absolute atomic E-state index is 0. The van der Waals surface area contributed by atoms with Gasteiger partial charge in [0.15, 0.2) is 0 Å². The summed E-state index contributed by atoms with van der Waals surface area (Å²) in [5.41, 5.74) is 2.51. The van der Waals surface area contributed by atoms with Gasteiger partial charge in [0, 0.05) is 30.4 Å². The maximum Gasteiger partial charge on any atom is 0.230 e. The molecule has 0 atom stereocenters. The molecule has 1 aromatic carbocycles. The fourth-order valence-corrected chi connectivity index (χ4v) is 2.75. The largest absolute Gasteiger partial charge is 0.355 e. The van der Waals surface area contributed by atoms with Crippen LogP contribution < -0.4 is 10.6 Å². The van der Waals surface area contributed by atoms with E-state index in [2.05, 4.69) is 42.7 Å². The lowest BCUT2D eigenvalue weighted by Gasteiger charge is -2.27. The number of carbonyl (C=O) groups excluding carboxylic acids is 1. The summed E-state index contributed by atoms with van der Waals surface area (Å²) >= 11 is 1.61. The molecular formula is C14H21ClN2OS. The minimum atomic E-state index is 0. The van der Waals surface area contributed by atoms with Crippen LogP contribution in [0.15, 0.2) is 23.1 Å². The van der Waals surface area contributed by atoms with Gasteiger partial charge in [0.05, 0.1) is 5.75 Å². The Balaban J connectivity index is 0.00000180. The zero-order chi connectivity index (χ0) is 13.0. The monoisotopic (exact) mass is 300 g/mol. The first-order valence-corrected chi connectivity index (χ1v) is 7.31. The maximum atomic E-state index is 11.7. The first-order chi connectivity index (χ1) is 8.65. The second-order valence-electron chi connectivity index (χ2n) is 4.89. The molecule has 0 bridgehead atoms. The van der Waals surface area contributed by atoms with Crippen molar-refractivity contribution in [2.24, 2.45) is 5.92 Å². The lowest BCUT2D eigenvalue weighted by molar-refractivity contribution is -0.118. The van der Waals surface area contributed by atoms with Crippen molar-refractivity contribution in [3.8, 4) is 0 Å². The number of halogens is 1. The van der Waals surface area contributed by atoms with Gasteiger partial charge in [0.2, 0.25) is 5.91 Å². The molecule has 1 heterocycles. The van der Waals surface area contributed by atoms with E-state index in [1.54, 1.807) is 11.8 Å². The van der Waals surface area contributed by atoms with Gasteiger partial charge in [-0.3, -0.25) is 4.79 Å². The molecule has 2 rings (SSSR count). The van der Waals surface area contributed by atoms with E-state index >= 15 is 0 Å². The molecule has 0 aromatic heterocycles. The summed E-state index contributed by atoms with van der Waals surface area (Å²) in [6, 6.07) is 6.34. The Labute approximate surface area is 125 Å². The molecule has 2 N–H and O–H groups in total. The third kappa shape index (κ3) is 5.05. The number of nitrogens with one attached hydrogen (secondary N) is 2. The molecule has 0 aliphatic carbocycles. The number of carbonyl (C=O) groups is 1. The van der Waals surface area contributed by atoms with Crippen molar-refractivity contribution in [3.05, 3.63) is 29.3 Å². The molecule has 1 aromatic rings. The van der Waals surface area contributed by atoms with E-state index in [9.17, 15) is 4.79 Å². The van der Waals surface area contributed by atoms with Crippen molar-refractivity contribution >= 4 is 30.1 Å². The predicted octanol–water partition coefficient (Wildman–Crippen LogP) is 2.15. The first-order valence-electron chi connectivity index (χ1n) is 6.32. The van der Waals surface area contributed by atoms with Gasteiger partial charge in [-0.25, -0.2) is 0 Å². The normalized spacial score (nSPS) is 14.4. The fourth-order valence-electron chi connectivity index (χ4n) is 1.91. The molecule has 1 saturated heterocycles. The quantitative estimate of drug-likeness (QED) is 0.819. The van der Waals surface area contributed by atoms with Crippen molar-refractivity contribution in [2.75, 3.05) is 25.4 Å². The molecule has 0 spiro atoms. The molecule has 1 aliphatic heterocycles. The highest BCUT2D eigenvalue weighted by Crippen LogP contribution is 2.22. The average Bonchev–Trinajstić information content (AvgIpc) is 2.25. The Morgan fingerprint density at radius 2 is 2.16 bits per heavy atom. The highest BCUT2D eigenvalue weighted by atomic mass is 35.5. The van der Waals surface area contributed by atoms with Crippen molar-refractivity contribution in [1.82, 2.24) is 10.6 Å². The van der Waals surface area contributed by atoms with Crippen LogP contribution >= 0.6 is 24.2 Å². The number of aryl methyl sites for hydroxylation is 2. The second kappa shape index (κ2) is 7.78. The third-order valence-electron chi connectivity index (χ3n) is 3.14. The van der Waals surface area contributed by atoms with Crippen LogP contribution in [-0.4, -0.2) is 31.3 Å². The van der Waals surface area contributed by atoms with Crippen LogP contribution in [0.25, 0.3) is 0 Å². The van der Waals surface area contributed by atoms with Crippen molar-refractivity contribution in [1.29, 1.82) is 0 Å². The predicted molar refractivity (Wildman–Crippen MR) is 83.3 cm³/mol. The highest BCUT2D eigenvalue weighted by molar-refractivity contribution is 8.00. The first kappa shape index (κ1) is 16.3. The maximum absolute atomic E-state index is 11.7. The molecule has 1 amide bonds. The molecular weight excluding hydrogens is 280 g/mol. The topological polar surface area (TPSA) is 41.1 Å². The van der Waals surface area contributed by atoms with Gasteiger partial charge in [0.1, 0.15) is 0 Å². The summed E-state index contributed by atoms with van der Waals surface area (Å²) in [6.07, 6.45) is 0. The Bertz CT molecular complexity index is 435. The SMILES string of the molecule is Cc1ccc(SCC(=O)NCC2CNC2)c(C)c1.Cl. The van der Waals surface area contributed by atoms with Gasteiger partial charge in [-0.05, 0) is 25.5 Å². The van der Waals surface area contributed by atoms with E-state index in [-0.39, 0.29) is 18.3 Å². The zero-order valence-electron chi connectivity index (χ0n) is 11.4. The lowest BCUT2D eigenvalue weighted by atomic mass is 10.0. The van der Waals surface area contributed by atoms with Crippen molar-refractivity contribution < 1.29 is 4.79 Å². The molecule has 1 aliphatic rings. The molecule has 0 radical (unpaired) electrons. The van der Waals surface area contributed by atoms with E-state index in [4.69, 9.17) is 0 Å². The number of hydrogen-bond donors (Lipinski definition) is 2. The van der Waals surface area contributed by atoms with E-state index < -0.39 is 0 Å². The minimum Gasteiger partial charge on any atom is -0.355 e. The molecule has 106 valence electrons. The van der Waals surface area contributed by atoms with Crippen LogP contribution in [0.5, 0.6) is 0 Å². The summed E-state index contributed by atoms with van der Waals surface area (Å²) in [5, 5.41) is 6.18. The van der Waals surface area contributed by atoms with E-state index in [0.29, 0.717) is 11.7 Å². The average molecular weight is 301 g/mol. The van der Waals surface area contributed by atoms with Gasteiger partial charge in [-0.2, -0.15) is 0 Å². The number of hydrogen-bond acceptors (Lipinski definition) is 3. The van der Waals surface area contributed by atoms with Crippen molar-refractivity contribution in [2.45, 2.75) is 18.7 Å². The van der Waals surface area contributed by atoms with Gasteiger partial charge < -0.3 is 10.6 Å². The van der Waals surface area contributed by atoms with E-state index in [0.717, 1.165) is 19.6 Å². The van der Waals surface area contributed by atoms with Crippen LogP contribution in [0.1, 0.15) is 11.1 Å². The number of rotatable bonds is 5. The Morgan fingerprint density at radius 1 is 1.42 bits per heavy atom. The Hall–Kier alpha value is -0.710. The second-order valence-corrected chi connectivity index (χ2v) is 5.90. The molecule has 0 saturated carbocycles. The smallest absolute Gasteiger partial charge is 0.230 e. The highest BCUT2D eigenvalue weighted by Gasteiger charge is 2.17. The summed E-state index contributed by atoms with van der Waals surface area (Å²) in [4.78, 5) is 12.9. The van der Waals surface area contributed by atoms with Gasteiger partial charge >= 0.3 is 0 Å². The summed E-state index contributed by atoms with van der Waals surface area (Å²) in [5.74, 6) is 1.26.